The quantitative estimate of drug-likeness (QED) is 0.608. The molecule has 3 nitrogen and oxygen atoms in total. The van der Waals surface area contributed by atoms with Crippen LogP contribution in [0, 0.1) is 0 Å². The lowest BCUT2D eigenvalue weighted by Crippen LogP contribution is -2.15. The van der Waals surface area contributed by atoms with Crippen LogP contribution in [-0.4, -0.2) is 19.2 Å². The molecule has 0 radical (unpaired) electrons. The Morgan fingerprint density at radius 2 is 2.05 bits per heavy atom. The van der Waals surface area contributed by atoms with E-state index in [2.05, 4.69) is 20.7 Å². The Balaban J connectivity index is 2.54. The fraction of sp³-hybridized carbons (Fsp3) is 0.462. The molecule has 0 amide bonds. The molecule has 0 N–H and O–H groups in total. The van der Waals surface area contributed by atoms with Crippen molar-refractivity contribution in [1.82, 2.24) is 0 Å². The van der Waals surface area contributed by atoms with Gasteiger partial charge in [0.2, 0.25) is 0 Å². The highest BCUT2D eigenvalue weighted by atomic mass is 79.9. The van der Waals surface area contributed by atoms with Crippen LogP contribution in [0.1, 0.15) is 34.3 Å². The number of carbonyl (C=O) groups excluding carboxylic acids is 1. The molecule has 0 saturated heterocycles. The van der Waals surface area contributed by atoms with E-state index >= 15 is 0 Å². The minimum atomic E-state index is -4.56. The van der Waals surface area contributed by atoms with Gasteiger partial charge in [0.1, 0.15) is 5.75 Å². The Labute approximate surface area is 122 Å². The lowest BCUT2D eigenvalue weighted by molar-refractivity contribution is -0.138. The molecule has 0 bridgehead atoms. The predicted molar refractivity (Wildman–Crippen MR) is 69.1 cm³/mol. The number of alkyl halides is 4. The third-order valence-electron chi connectivity index (χ3n) is 2.89. The second-order valence-electron chi connectivity index (χ2n) is 4.44. The van der Waals surface area contributed by atoms with Crippen LogP contribution in [0.2, 0.25) is 0 Å². The second kappa shape index (κ2) is 5.63. The van der Waals surface area contributed by atoms with Crippen LogP contribution >= 0.6 is 15.9 Å². The van der Waals surface area contributed by atoms with Gasteiger partial charge >= 0.3 is 12.1 Å². The first-order chi connectivity index (χ1) is 9.36. The number of carbonyl (C=O) groups is 1. The third kappa shape index (κ3) is 3.26. The van der Waals surface area contributed by atoms with Gasteiger partial charge in [-0.15, -0.1) is 0 Å². The van der Waals surface area contributed by atoms with Crippen LogP contribution in [0.4, 0.5) is 13.2 Å². The summed E-state index contributed by atoms with van der Waals surface area (Å²) in [5.41, 5.74) is -1.16. The summed E-state index contributed by atoms with van der Waals surface area (Å²) in [4.78, 5) is 11.7. The zero-order valence-corrected chi connectivity index (χ0v) is 12.2. The van der Waals surface area contributed by atoms with Crippen LogP contribution in [0.5, 0.6) is 5.75 Å². The van der Waals surface area contributed by atoms with Crippen molar-refractivity contribution < 1.29 is 27.4 Å². The molecule has 1 aromatic carbocycles. The topological polar surface area (TPSA) is 35.5 Å². The van der Waals surface area contributed by atoms with E-state index < -0.39 is 17.7 Å². The average Bonchev–Trinajstić information content (AvgIpc) is 3.19. The molecule has 20 heavy (non-hydrogen) atoms. The first-order valence-electron chi connectivity index (χ1n) is 5.92. The normalized spacial score (nSPS) is 15.1. The minimum absolute atomic E-state index is 0.0462. The van der Waals surface area contributed by atoms with E-state index in [0.29, 0.717) is 0 Å². The van der Waals surface area contributed by atoms with E-state index in [1.165, 1.54) is 6.07 Å². The van der Waals surface area contributed by atoms with E-state index in [0.717, 1.165) is 26.0 Å². The lowest BCUT2D eigenvalue weighted by Gasteiger charge is -2.17. The molecule has 0 aliphatic heterocycles. The molecule has 110 valence electrons. The molecule has 1 aliphatic carbocycles. The number of rotatable bonds is 4. The molecule has 1 aromatic rings. The average molecular weight is 353 g/mol. The summed E-state index contributed by atoms with van der Waals surface area (Å²) in [6.07, 6.45) is -2.99. The summed E-state index contributed by atoms with van der Waals surface area (Å²) in [5.74, 6) is -0.767. The number of halogens is 4. The van der Waals surface area contributed by atoms with Gasteiger partial charge in [0.05, 0.1) is 24.3 Å². The number of esters is 1. The van der Waals surface area contributed by atoms with Crippen LogP contribution in [0.25, 0.3) is 0 Å². The molecule has 0 atom stereocenters. The number of hydrogen-bond acceptors (Lipinski definition) is 3. The summed E-state index contributed by atoms with van der Waals surface area (Å²) < 4.78 is 49.2. The molecule has 0 unspecified atom stereocenters. The molecule has 1 saturated carbocycles. The Morgan fingerprint density at radius 1 is 1.40 bits per heavy atom. The van der Waals surface area contributed by atoms with Crippen molar-refractivity contribution in [2.24, 2.45) is 0 Å². The van der Waals surface area contributed by atoms with Crippen molar-refractivity contribution in [3.05, 3.63) is 28.8 Å². The molecular weight excluding hydrogens is 341 g/mol. The van der Waals surface area contributed by atoms with E-state index in [9.17, 15) is 18.0 Å². The van der Waals surface area contributed by atoms with Crippen molar-refractivity contribution in [1.29, 1.82) is 0 Å². The van der Waals surface area contributed by atoms with E-state index in [1.54, 1.807) is 0 Å². The maximum absolute atomic E-state index is 13.1. The van der Waals surface area contributed by atoms with Crippen LogP contribution < -0.4 is 4.74 Å². The number of ether oxygens (including phenoxy) is 2. The van der Waals surface area contributed by atoms with E-state index in [-0.39, 0.29) is 28.3 Å². The highest BCUT2D eigenvalue weighted by molar-refractivity contribution is 9.08. The SMILES string of the molecule is COC(=O)c1cc(OC2CC2)cc(C(F)(F)F)c1CBr. The van der Waals surface area contributed by atoms with Crippen molar-refractivity contribution >= 4 is 21.9 Å². The summed E-state index contributed by atoms with van der Waals surface area (Å²) >= 11 is 2.99. The Kier molecular flexibility index (Phi) is 4.27. The summed E-state index contributed by atoms with van der Waals surface area (Å²) in [6.45, 7) is 0. The summed E-state index contributed by atoms with van der Waals surface area (Å²) in [6, 6.07) is 2.23. The highest BCUT2D eigenvalue weighted by Gasteiger charge is 2.36. The molecule has 2 rings (SSSR count). The predicted octanol–water partition coefficient (Wildman–Crippen LogP) is 3.93. The Bertz CT molecular complexity index is 524. The molecule has 0 aromatic heterocycles. The Morgan fingerprint density at radius 3 is 2.50 bits per heavy atom. The molecule has 1 aliphatic rings. The molecule has 7 heteroatoms. The van der Waals surface area contributed by atoms with E-state index in [4.69, 9.17) is 4.74 Å². The van der Waals surface area contributed by atoms with Gasteiger partial charge in [-0.05, 0) is 30.5 Å². The fourth-order valence-corrected chi connectivity index (χ4v) is 2.38. The van der Waals surface area contributed by atoms with Gasteiger partial charge in [-0.1, -0.05) is 15.9 Å². The smallest absolute Gasteiger partial charge is 0.416 e. The summed E-state index contributed by atoms with van der Waals surface area (Å²) in [7, 11) is 1.13. The van der Waals surface area contributed by atoms with Gasteiger partial charge in [0, 0.05) is 5.33 Å². The monoisotopic (exact) mass is 352 g/mol. The van der Waals surface area contributed by atoms with Crippen LogP contribution in [-0.2, 0) is 16.2 Å². The largest absolute Gasteiger partial charge is 0.490 e. The molecule has 0 heterocycles. The lowest BCUT2D eigenvalue weighted by atomic mass is 10.0. The van der Waals surface area contributed by atoms with Gasteiger partial charge in [0.15, 0.2) is 0 Å². The highest BCUT2D eigenvalue weighted by Crippen LogP contribution is 2.39. The molecular formula is C13H12BrF3O3. The number of benzene rings is 1. The van der Waals surface area contributed by atoms with Gasteiger partial charge in [-0.25, -0.2) is 4.79 Å². The van der Waals surface area contributed by atoms with Crippen molar-refractivity contribution in [3.63, 3.8) is 0 Å². The molecule has 0 spiro atoms. The van der Waals surface area contributed by atoms with Crippen molar-refractivity contribution in [3.8, 4) is 5.75 Å². The third-order valence-corrected chi connectivity index (χ3v) is 3.46. The first kappa shape index (κ1) is 15.2. The first-order valence-corrected chi connectivity index (χ1v) is 7.04. The van der Waals surface area contributed by atoms with E-state index in [1.807, 2.05) is 0 Å². The van der Waals surface area contributed by atoms with Gasteiger partial charge < -0.3 is 9.47 Å². The van der Waals surface area contributed by atoms with Crippen LogP contribution in [0.3, 0.4) is 0 Å². The molecule has 1 fully saturated rings. The van der Waals surface area contributed by atoms with Crippen molar-refractivity contribution in [2.75, 3.05) is 7.11 Å². The van der Waals surface area contributed by atoms with Gasteiger partial charge in [-0.3, -0.25) is 0 Å². The number of methoxy groups -OCH3 is 1. The van der Waals surface area contributed by atoms with Crippen LogP contribution in [0.15, 0.2) is 12.1 Å². The van der Waals surface area contributed by atoms with Gasteiger partial charge in [-0.2, -0.15) is 13.2 Å². The van der Waals surface area contributed by atoms with Gasteiger partial charge in [0.25, 0.3) is 0 Å². The standard InChI is InChI=1S/C13H12BrF3O3/c1-19-12(18)9-4-8(20-7-2-3-7)5-11(10(9)6-14)13(15,16)17/h4-5,7H,2-3,6H2,1H3. The second-order valence-corrected chi connectivity index (χ2v) is 5.00. The fourth-order valence-electron chi connectivity index (χ4n) is 1.78. The minimum Gasteiger partial charge on any atom is -0.490 e. The number of hydrogen-bond donors (Lipinski definition) is 0. The summed E-state index contributed by atoms with van der Waals surface area (Å²) in [5, 5.41) is -0.101. The zero-order chi connectivity index (χ0) is 14.9. The maximum Gasteiger partial charge on any atom is 0.416 e. The zero-order valence-electron chi connectivity index (χ0n) is 10.6. The van der Waals surface area contributed by atoms with Crippen molar-refractivity contribution in [2.45, 2.75) is 30.5 Å². The Hall–Kier alpha value is -1.24. The maximum atomic E-state index is 13.1.